The van der Waals surface area contributed by atoms with Crippen LogP contribution in [0.25, 0.3) is 0 Å². The number of hydrogen-bond acceptors (Lipinski definition) is 5. The number of carboxylic acids is 1. The molecule has 9 nitrogen and oxygen atoms in total. The highest BCUT2D eigenvalue weighted by atomic mass is 16.4. The molecule has 0 saturated heterocycles. The van der Waals surface area contributed by atoms with E-state index in [-0.39, 0.29) is 24.4 Å². The normalized spacial score (nSPS) is 22.2. The number of nitrogens with one attached hydrogen (secondary N) is 3. The lowest BCUT2D eigenvalue weighted by Crippen LogP contribution is -2.41. The number of amides is 2. The molecule has 2 atom stereocenters. The van der Waals surface area contributed by atoms with Crippen molar-refractivity contribution in [2.45, 2.75) is 32.2 Å². The highest BCUT2D eigenvalue weighted by Crippen LogP contribution is 2.29. The second-order valence-electron chi connectivity index (χ2n) is 4.88. The monoisotopic (exact) mass is 282 g/mol. The number of aromatic amines is 1. The summed E-state index contributed by atoms with van der Waals surface area (Å²) in [4.78, 5) is 22.7. The number of carboxylic acid groups (broad SMARTS) is 1. The van der Waals surface area contributed by atoms with Crippen molar-refractivity contribution in [2.24, 2.45) is 11.8 Å². The average molecular weight is 282 g/mol. The van der Waals surface area contributed by atoms with Crippen LogP contribution in [0.4, 0.5) is 4.79 Å². The topological polar surface area (TPSA) is 133 Å². The number of carbonyl (C=O) groups is 2. The molecule has 1 saturated carbocycles. The van der Waals surface area contributed by atoms with E-state index in [1.165, 1.54) is 0 Å². The Bertz CT molecular complexity index is 449. The second-order valence-corrected chi connectivity index (χ2v) is 4.88. The molecule has 1 aliphatic carbocycles. The molecule has 1 heterocycles. The van der Waals surface area contributed by atoms with Crippen LogP contribution in [0.5, 0.6) is 0 Å². The second kappa shape index (κ2) is 6.83. The minimum atomic E-state index is -0.774. The third-order valence-electron chi connectivity index (χ3n) is 3.55. The summed E-state index contributed by atoms with van der Waals surface area (Å²) >= 11 is 0. The predicted octanol–water partition coefficient (Wildman–Crippen LogP) is -0.110. The minimum Gasteiger partial charge on any atom is -0.481 e. The van der Waals surface area contributed by atoms with E-state index in [0.717, 1.165) is 19.3 Å². The van der Waals surface area contributed by atoms with E-state index in [9.17, 15) is 9.59 Å². The van der Waals surface area contributed by atoms with E-state index in [0.29, 0.717) is 18.8 Å². The van der Waals surface area contributed by atoms with E-state index in [1.807, 2.05) is 0 Å². The Labute approximate surface area is 115 Å². The van der Waals surface area contributed by atoms with Gasteiger partial charge in [0.1, 0.15) is 0 Å². The zero-order valence-corrected chi connectivity index (χ0v) is 11.0. The number of aliphatic carboxylic acids is 1. The maximum Gasteiger partial charge on any atom is 0.315 e. The van der Waals surface area contributed by atoms with Gasteiger partial charge < -0.3 is 15.7 Å². The molecule has 1 fully saturated rings. The standard InChI is InChI=1S/C11H18N6O3/c18-10(19)8-4-2-1-3-7(8)5-12-11(20)13-6-9-14-16-17-15-9/h7-8H,1-6H2,(H,18,19)(H2,12,13,20)(H,14,15,16,17). The first-order chi connectivity index (χ1) is 9.66. The molecular formula is C11H18N6O3. The highest BCUT2D eigenvalue weighted by Gasteiger charge is 2.30. The summed E-state index contributed by atoms with van der Waals surface area (Å²) in [7, 11) is 0. The molecule has 1 aromatic rings. The number of hydrogen-bond donors (Lipinski definition) is 4. The molecule has 1 aromatic heterocycles. The smallest absolute Gasteiger partial charge is 0.315 e. The van der Waals surface area contributed by atoms with Gasteiger partial charge in [-0.25, -0.2) is 4.79 Å². The van der Waals surface area contributed by atoms with Crippen molar-refractivity contribution in [1.29, 1.82) is 0 Å². The van der Waals surface area contributed by atoms with Gasteiger partial charge >= 0.3 is 12.0 Å². The van der Waals surface area contributed by atoms with Crippen molar-refractivity contribution >= 4 is 12.0 Å². The van der Waals surface area contributed by atoms with E-state index >= 15 is 0 Å². The lowest BCUT2D eigenvalue weighted by molar-refractivity contribution is -0.144. The molecule has 0 aromatic carbocycles. The van der Waals surface area contributed by atoms with Gasteiger partial charge in [-0.1, -0.05) is 18.1 Å². The number of nitrogens with zero attached hydrogens (tertiary/aromatic N) is 3. The Morgan fingerprint density at radius 1 is 1.30 bits per heavy atom. The van der Waals surface area contributed by atoms with E-state index in [1.54, 1.807) is 0 Å². The van der Waals surface area contributed by atoms with Gasteiger partial charge in [-0.2, -0.15) is 5.21 Å². The molecule has 0 radical (unpaired) electrons. The van der Waals surface area contributed by atoms with Crippen molar-refractivity contribution in [1.82, 2.24) is 31.3 Å². The third kappa shape index (κ3) is 3.90. The Hall–Kier alpha value is -2.19. The van der Waals surface area contributed by atoms with Gasteiger partial charge in [-0.3, -0.25) is 4.79 Å². The molecule has 0 spiro atoms. The van der Waals surface area contributed by atoms with E-state index in [2.05, 4.69) is 31.3 Å². The summed E-state index contributed by atoms with van der Waals surface area (Å²) in [5, 5.41) is 27.5. The van der Waals surface area contributed by atoms with Crippen LogP contribution >= 0.6 is 0 Å². The van der Waals surface area contributed by atoms with Gasteiger partial charge in [-0.05, 0) is 18.8 Å². The molecule has 4 N–H and O–H groups in total. The van der Waals surface area contributed by atoms with Gasteiger partial charge in [0.15, 0.2) is 5.82 Å². The lowest BCUT2D eigenvalue weighted by Gasteiger charge is -2.28. The van der Waals surface area contributed by atoms with Crippen molar-refractivity contribution in [3.8, 4) is 0 Å². The molecule has 2 amide bonds. The SMILES string of the molecule is O=C(NCc1nn[nH]n1)NCC1CCCCC1C(=O)O. The predicted molar refractivity (Wildman–Crippen MR) is 67.5 cm³/mol. The van der Waals surface area contributed by atoms with Crippen LogP contribution < -0.4 is 10.6 Å². The summed E-state index contributed by atoms with van der Waals surface area (Å²) < 4.78 is 0. The molecule has 0 bridgehead atoms. The maximum atomic E-state index is 11.6. The molecular weight excluding hydrogens is 264 g/mol. The quantitative estimate of drug-likeness (QED) is 0.595. The summed E-state index contributed by atoms with van der Waals surface area (Å²) in [6.45, 7) is 0.546. The van der Waals surface area contributed by atoms with Crippen molar-refractivity contribution in [2.75, 3.05) is 6.54 Å². The first-order valence-electron chi connectivity index (χ1n) is 6.63. The number of aromatic nitrogens is 4. The zero-order valence-electron chi connectivity index (χ0n) is 11.0. The molecule has 20 heavy (non-hydrogen) atoms. The molecule has 2 unspecified atom stereocenters. The third-order valence-corrected chi connectivity index (χ3v) is 3.55. The summed E-state index contributed by atoms with van der Waals surface area (Å²) in [6.07, 6.45) is 3.48. The fourth-order valence-corrected chi connectivity index (χ4v) is 2.48. The Kier molecular flexibility index (Phi) is 4.85. The molecule has 9 heteroatoms. The summed E-state index contributed by atoms with van der Waals surface area (Å²) in [5.74, 6) is -0.747. The largest absolute Gasteiger partial charge is 0.481 e. The Balaban J connectivity index is 1.72. The van der Waals surface area contributed by atoms with Crippen LogP contribution in [0.2, 0.25) is 0 Å². The van der Waals surface area contributed by atoms with Gasteiger partial charge in [0, 0.05) is 6.54 Å². The average Bonchev–Trinajstić information content (AvgIpc) is 2.96. The first-order valence-corrected chi connectivity index (χ1v) is 6.63. The fourth-order valence-electron chi connectivity index (χ4n) is 2.48. The fraction of sp³-hybridized carbons (Fsp3) is 0.727. The van der Waals surface area contributed by atoms with Crippen molar-refractivity contribution in [3.63, 3.8) is 0 Å². The van der Waals surface area contributed by atoms with Crippen LogP contribution in [-0.2, 0) is 11.3 Å². The van der Waals surface area contributed by atoms with Crippen LogP contribution in [0.15, 0.2) is 0 Å². The van der Waals surface area contributed by atoms with Gasteiger partial charge in [-0.15, -0.1) is 10.2 Å². The molecule has 1 aliphatic rings. The van der Waals surface area contributed by atoms with Gasteiger partial charge in [0.2, 0.25) is 0 Å². The molecule has 0 aliphatic heterocycles. The van der Waals surface area contributed by atoms with Crippen LogP contribution in [0, 0.1) is 11.8 Å². The van der Waals surface area contributed by atoms with E-state index < -0.39 is 5.97 Å². The van der Waals surface area contributed by atoms with Crippen molar-refractivity contribution < 1.29 is 14.7 Å². The lowest BCUT2D eigenvalue weighted by atomic mass is 9.79. The van der Waals surface area contributed by atoms with Crippen LogP contribution in [0.1, 0.15) is 31.5 Å². The zero-order chi connectivity index (χ0) is 14.4. The molecule has 110 valence electrons. The van der Waals surface area contributed by atoms with Gasteiger partial charge in [0.25, 0.3) is 0 Å². The minimum absolute atomic E-state index is 0.00262. The number of urea groups is 1. The molecule has 2 rings (SSSR count). The number of rotatable bonds is 5. The number of carbonyl (C=O) groups excluding carboxylic acids is 1. The first kappa shape index (κ1) is 14.2. The maximum absolute atomic E-state index is 11.6. The van der Waals surface area contributed by atoms with Gasteiger partial charge in [0.05, 0.1) is 12.5 Å². The highest BCUT2D eigenvalue weighted by molar-refractivity contribution is 5.74. The van der Waals surface area contributed by atoms with E-state index in [4.69, 9.17) is 5.11 Å². The van der Waals surface area contributed by atoms with Crippen molar-refractivity contribution in [3.05, 3.63) is 5.82 Å². The van der Waals surface area contributed by atoms with Crippen LogP contribution in [-0.4, -0.2) is 44.3 Å². The Morgan fingerprint density at radius 2 is 2.10 bits per heavy atom. The Morgan fingerprint density at radius 3 is 2.80 bits per heavy atom. The summed E-state index contributed by atoms with van der Waals surface area (Å²) in [5.41, 5.74) is 0. The number of tetrazole rings is 1. The summed E-state index contributed by atoms with van der Waals surface area (Å²) in [6, 6.07) is -0.357. The number of H-pyrrole nitrogens is 1. The van der Waals surface area contributed by atoms with Crippen LogP contribution in [0.3, 0.4) is 0 Å².